The Kier molecular flexibility index (Phi) is 4.52. The molecule has 4 heteroatoms. The molecule has 0 atom stereocenters. The molecule has 1 heterocycles. The molecular weight excluding hydrogens is 356 g/mol. The van der Waals surface area contributed by atoms with Crippen LogP contribution < -0.4 is 0 Å². The first-order valence-corrected chi connectivity index (χ1v) is 9.18. The number of hydrogen-bond acceptors (Lipinski definition) is 1. The molecule has 0 spiro atoms. The summed E-state index contributed by atoms with van der Waals surface area (Å²) < 4.78 is 30.7. The van der Waals surface area contributed by atoms with Crippen LogP contribution in [0.25, 0.3) is 33.2 Å². The highest BCUT2D eigenvalue weighted by molar-refractivity contribution is 5.90. The molecule has 2 nitrogen and oxygen atoms in total. The van der Waals surface area contributed by atoms with E-state index in [1.807, 2.05) is 53.2 Å². The van der Waals surface area contributed by atoms with Crippen LogP contribution in [0.2, 0.25) is 0 Å². The second-order valence-electron chi connectivity index (χ2n) is 7.70. The zero-order chi connectivity index (χ0) is 19.9. The Labute approximate surface area is 162 Å². The van der Waals surface area contributed by atoms with Crippen LogP contribution >= 0.6 is 0 Å². The molecular formula is C24H21F2NO. The van der Waals surface area contributed by atoms with E-state index in [0.717, 1.165) is 16.5 Å². The van der Waals surface area contributed by atoms with Gasteiger partial charge in [-0.1, -0.05) is 36.4 Å². The number of aromatic nitrogens is 1. The Morgan fingerprint density at radius 3 is 2.32 bits per heavy atom. The molecule has 142 valence electrons. The van der Waals surface area contributed by atoms with Gasteiger partial charge in [0.1, 0.15) is 11.6 Å². The van der Waals surface area contributed by atoms with Gasteiger partial charge in [0.2, 0.25) is 0 Å². The van der Waals surface area contributed by atoms with Crippen molar-refractivity contribution in [3.63, 3.8) is 0 Å². The second kappa shape index (κ2) is 6.88. The Bertz CT molecular complexity index is 1150. The lowest BCUT2D eigenvalue weighted by Gasteiger charge is -2.19. The van der Waals surface area contributed by atoms with E-state index in [4.69, 9.17) is 0 Å². The first-order valence-electron chi connectivity index (χ1n) is 9.18. The monoisotopic (exact) mass is 377 g/mol. The maximum atomic E-state index is 15.1. The van der Waals surface area contributed by atoms with E-state index in [0.29, 0.717) is 23.2 Å². The highest BCUT2D eigenvalue weighted by Crippen LogP contribution is 2.36. The van der Waals surface area contributed by atoms with Crippen molar-refractivity contribution in [3.05, 3.63) is 84.6 Å². The fraction of sp³-hybridized carbons (Fsp3) is 0.167. The third kappa shape index (κ3) is 3.56. The van der Waals surface area contributed by atoms with Gasteiger partial charge in [0.05, 0.1) is 17.7 Å². The zero-order valence-electron chi connectivity index (χ0n) is 15.8. The van der Waals surface area contributed by atoms with Gasteiger partial charge in [0, 0.05) is 17.1 Å². The Morgan fingerprint density at radius 2 is 1.61 bits per heavy atom. The molecule has 28 heavy (non-hydrogen) atoms. The quantitative estimate of drug-likeness (QED) is 0.462. The van der Waals surface area contributed by atoms with Gasteiger partial charge >= 0.3 is 0 Å². The second-order valence-corrected chi connectivity index (χ2v) is 7.70. The summed E-state index contributed by atoms with van der Waals surface area (Å²) in [6.45, 7) is 3.81. The number of fused-ring (bicyclic) bond motifs is 1. The molecule has 0 amide bonds. The number of halogens is 2. The number of nitrogens with zero attached hydrogens (tertiary/aromatic N) is 1. The van der Waals surface area contributed by atoms with Gasteiger partial charge in [-0.05, 0) is 60.9 Å². The van der Waals surface area contributed by atoms with Crippen LogP contribution in [0.3, 0.4) is 0 Å². The van der Waals surface area contributed by atoms with Gasteiger partial charge in [-0.15, -0.1) is 0 Å². The summed E-state index contributed by atoms with van der Waals surface area (Å²) in [5, 5.41) is 11.0. The molecule has 4 rings (SSSR count). The average Bonchev–Trinajstić information content (AvgIpc) is 3.01. The van der Waals surface area contributed by atoms with Gasteiger partial charge in [-0.25, -0.2) is 8.78 Å². The van der Waals surface area contributed by atoms with E-state index < -0.39 is 5.60 Å². The van der Waals surface area contributed by atoms with Gasteiger partial charge in [-0.2, -0.15) is 0 Å². The molecule has 1 N–H and O–H groups in total. The fourth-order valence-corrected chi connectivity index (χ4v) is 3.60. The first kappa shape index (κ1) is 18.4. The van der Waals surface area contributed by atoms with Gasteiger partial charge in [0.15, 0.2) is 0 Å². The van der Waals surface area contributed by atoms with Crippen LogP contribution in [0.4, 0.5) is 8.78 Å². The summed E-state index contributed by atoms with van der Waals surface area (Å²) >= 11 is 0. The van der Waals surface area contributed by atoms with Gasteiger partial charge in [-0.3, -0.25) is 0 Å². The normalized spacial score (nSPS) is 11.9. The van der Waals surface area contributed by atoms with E-state index in [-0.39, 0.29) is 11.6 Å². The molecule has 0 fully saturated rings. The Balaban J connectivity index is 1.86. The largest absolute Gasteiger partial charge is 0.389 e. The van der Waals surface area contributed by atoms with E-state index in [1.165, 1.54) is 18.2 Å². The summed E-state index contributed by atoms with van der Waals surface area (Å²) in [7, 11) is 0. The maximum absolute atomic E-state index is 15.1. The summed E-state index contributed by atoms with van der Waals surface area (Å²) in [5.41, 5.74) is 2.49. The molecule has 0 bridgehead atoms. The van der Waals surface area contributed by atoms with Gasteiger partial charge < -0.3 is 9.67 Å². The smallest absolute Gasteiger partial charge is 0.133 e. The van der Waals surface area contributed by atoms with Crippen LogP contribution in [0.15, 0.2) is 72.9 Å². The van der Waals surface area contributed by atoms with E-state index in [2.05, 4.69) is 0 Å². The van der Waals surface area contributed by atoms with E-state index in [1.54, 1.807) is 19.9 Å². The van der Waals surface area contributed by atoms with Crippen LogP contribution in [0.5, 0.6) is 0 Å². The first-order chi connectivity index (χ1) is 13.3. The minimum Gasteiger partial charge on any atom is -0.389 e. The van der Waals surface area contributed by atoms with E-state index in [9.17, 15) is 9.50 Å². The molecule has 0 unspecified atom stereocenters. The lowest BCUT2D eigenvalue weighted by Crippen LogP contribution is -2.25. The SMILES string of the molecule is CC(C)(O)Cn1ccc2cc(-c3ccccc3-c3cccc(F)c3)c(F)cc21. The number of benzene rings is 3. The number of aliphatic hydroxyl groups is 1. The Hall–Kier alpha value is -2.98. The highest BCUT2D eigenvalue weighted by Gasteiger charge is 2.17. The van der Waals surface area contributed by atoms with Crippen molar-refractivity contribution in [1.29, 1.82) is 0 Å². The van der Waals surface area contributed by atoms with Crippen molar-refractivity contribution >= 4 is 10.9 Å². The minimum absolute atomic E-state index is 0.327. The van der Waals surface area contributed by atoms with Crippen LogP contribution in [0, 0.1) is 11.6 Å². The van der Waals surface area contributed by atoms with Crippen LogP contribution in [-0.2, 0) is 6.54 Å². The van der Waals surface area contributed by atoms with Crippen molar-refractivity contribution in [2.24, 2.45) is 0 Å². The summed E-state index contributed by atoms with van der Waals surface area (Å²) in [5.74, 6) is -0.682. The molecule has 0 aliphatic carbocycles. The highest BCUT2D eigenvalue weighted by atomic mass is 19.1. The summed E-state index contributed by atoms with van der Waals surface area (Å²) in [4.78, 5) is 0. The Morgan fingerprint density at radius 1 is 0.857 bits per heavy atom. The summed E-state index contributed by atoms with van der Waals surface area (Å²) in [6.07, 6.45) is 1.85. The predicted octanol–water partition coefficient (Wildman–Crippen LogP) is 6.02. The van der Waals surface area contributed by atoms with Crippen molar-refractivity contribution in [2.75, 3.05) is 0 Å². The molecule has 3 aromatic carbocycles. The third-order valence-corrected chi connectivity index (χ3v) is 4.77. The third-order valence-electron chi connectivity index (χ3n) is 4.77. The maximum Gasteiger partial charge on any atom is 0.133 e. The van der Waals surface area contributed by atoms with Crippen molar-refractivity contribution in [3.8, 4) is 22.3 Å². The standard InChI is InChI=1S/C24H21F2NO/c1-24(2,28)15-27-11-10-17-13-21(22(26)14-23(17)27)20-9-4-3-8-19(20)16-6-5-7-18(25)12-16/h3-14,28H,15H2,1-2H3. The molecule has 1 aromatic heterocycles. The topological polar surface area (TPSA) is 25.2 Å². The zero-order valence-corrected chi connectivity index (χ0v) is 15.8. The van der Waals surface area contributed by atoms with E-state index >= 15 is 4.39 Å². The fourth-order valence-electron chi connectivity index (χ4n) is 3.60. The van der Waals surface area contributed by atoms with Crippen molar-refractivity contribution in [1.82, 2.24) is 4.57 Å². The predicted molar refractivity (Wildman–Crippen MR) is 109 cm³/mol. The molecule has 0 saturated heterocycles. The number of rotatable bonds is 4. The lowest BCUT2D eigenvalue weighted by molar-refractivity contribution is 0.0628. The van der Waals surface area contributed by atoms with Crippen LogP contribution in [0.1, 0.15) is 13.8 Å². The average molecular weight is 377 g/mol. The lowest BCUT2D eigenvalue weighted by atomic mass is 9.93. The molecule has 0 radical (unpaired) electrons. The molecule has 0 aliphatic rings. The van der Waals surface area contributed by atoms with Crippen molar-refractivity contribution < 1.29 is 13.9 Å². The summed E-state index contributed by atoms with van der Waals surface area (Å²) in [6, 6.07) is 19.0. The van der Waals surface area contributed by atoms with Crippen LogP contribution in [-0.4, -0.2) is 15.3 Å². The number of hydrogen-bond donors (Lipinski definition) is 1. The van der Waals surface area contributed by atoms with Gasteiger partial charge in [0.25, 0.3) is 0 Å². The molecule has 0 aliphatic heterocycles. The molecule has 0 saturated carbocycles. The van der Waals surface area contributed by atoms with Crippen molar-refractivity contribution in [2.45, 2.75) is 26.0 Å². The molecule has 4 aromatic rings. The minimum atomic E-state index is -0.898.